The number of ether oxygens (including phenoxy) is 3. The quantitative estimate of drug-likeness (QED) is 0.322. The minimum Gasteiger partial charge on any atom is -0.457 e. The minimum absolute atomic E-state index is 0.0240. The maximum absolute atomic E-state index is 13.9. The van der Waals surface area contributed by atoms with Crippen LogP contribution in [0.15, 0.2) is 53.6 Å². The highest BCUT2D eigenvalue weighted by atomic mass is 19.4. The monoisotopic (exact) mass is 571 g/mol. The Bertz CT molecular complexity index is 1650. The van der Waals surface area contributed by atoms with Crippen LogP contribution >= 0.6 is 0 Å². The first-order chi connectivity index (χ1) is 19.5. The summed E-state index contributed by atoms with van der Waals surface area (Å²) in [4.78, 5) is 33.5. The van der Waals surface area contributed by atoms with Gasteiger partial charge in [-0.25, -0.2) is 4.98 Å². The van der Waals surface area contributed by atoms with Crippen molar-refractivity contribution in [2.45, 2.75) is 38.1 Å². The van der Waals surface area contributed by atoms with Gasteiger partial charge in [-0.1, -0.05) is 0 Å². The molecule has 0 radical (unpaired) electrons. The van der Waals surface area contributed by atoms with Crippen LogP contribution in [0.2, 0.25) is 0 Å². The van der Waals surface area contributed by atoms with Gasteiger partial charge in [-0.05, 0) is 37.6 Å². The van der Waals surface area contributed by atoms with Gasteiger partial charge < -0.3 is 28.7 Å². The maximum atomic E-state index is 13.9. The number of ketones is 1. The van der Waals surface area contributed by atoms with Crippen LogP contribution in [0.25, 0.3) is 11.0 Å². The molecule has 1 aliphatic heterocycles. The summed E-state index contributed by atoms with van der Waals surface area (Å²) >= 11 is 0. The summed E-state index contributed by atoms with van der Waals surface area (Å²) in [6, 6.07) is 8.48. The molecule has 1 fully saturated rings. The van der Waals surface area contributed by atoms with Crippen molar-refractivity contribution in [3.63, 3.8) is 0 Å². The van der Waals surface area contributed by atoms with Gasteiger partial charge in [-0.3, -0.25) is 14.6 Å². The SMILES string of the molecule is CO[C@@H]1CCOC[C@@H]1n1cc(C(F)(F)F)cc(Nc2nc3ccc(Oc4ccnc(CC(C)=O)c4)cc3n2C)c1=O. The normalized spacial score (nSPS) is 17.5. The van der Waals surface area contributed by atoms with Gasteiger partial charge in [0.1, 0.15) is 23.0 Å². The third-order valence-corrected chi connectivity index (χ3v) is 6.85. The molecule has 1 saturated heterocycles. The molecule has 2 atom stereocenters. The van der Waals surface area contributed by atoms with Gasteiger partial charge in [0.05, 0.1) is 41.0 Å². The van der Waals surface area contributed by atoms with Gasteiger partial charge in [0.2, 0.25) is 5.95 Å². The number of pyridine rings is 2. The van der Waals surface area contributed by atoms with E-state index in [0.717, 1.165) is 16.8 Å². The molecule has 3 aromatic heterocycles. The van der Waals surface area contributed by atoms with Crippen molar-refractivity contribution in [2.24, 2.45) is 7.05 Å². The van der Waals surface area contributed by atoms with E-state index in [2.05, 4.69) is 15.3 Å². The Hall–Kier alpha value is -4.23. The lowest BCUT2D eigenvalue weighted by Crippen LogP contribution is -2.41. The van der Waals surface area contributed by atoms with Crippen LogP contribution in [0.4, 0.5) is 24.8 Å². The summed E-state index contributed by atoms with van der Waals surface area (Å²) in [5.74, 6) is 1.10. The van der Waals surface area contributed by atoms with Crippen molar-refractivity contribution in [1.29, 1.82) is 0 Å². The number of benzene rings is 1. The second-order valence-corrected chi connectivity index (χ2v) is 9.79. The first kappa shape index (κ1) is 28.3. The molecule has 4 aromatic rings. The van der Waals surface area contributed by atoms with Gasteiger partial charge >= 0.3 is 6.18 Å². The van der Waals surface area contributed by atoms with Crippen molar-refractivity contribution >= 4 is 28.5 Å². The lowest BCUT2D eigenvalue weighted by atomic mass is 10.1. The van der Waals surface area contributed by atoms with Crippen molar-refractivity contribution in [2.75, 3.05) is 25.6 Å². The Labute approximate surface area is 232 Å². The average molecular weight is 572 g/mol. The number of Topliss-reactive ketones (excluding diaryl/α,β-unsaturated/α-hetero) is 1. The van der Waals surface area contributed by atoms with E-state index in [1.54, 1.807) is 48.1 Å². The first-order valence-corrected chi connectivity index (χ1v) is 12.8. The molecule has 13 heteroatoms. The van der Waals surface area contributed by atoms with Gasteiger partial charge in [-0.2, -0.15) is 13.2 Å². The van der Waals surface area contributed by atoms with Crippen molar-refractivity contribution < 1.29 is 32.2 Å². The number of nitrogens with zero attached hydrogens (tertiary/aromatic N) is 4. The molecule has 0 spiro atoms. The van der Waals surface area contributed by atoms with E-state index in [1.807, 2.05) is 0 Å². The van der Waals surface area contributed by atoms with E-state index in [0.29, 0.717) is 41.3 Å². The van der Waals surface area contributed by atoms with E-state index in [-0.39, 0.29) is 30.4 Å². The van der Waals surface area contributed by atoms with E-state index >= 15 is 0 Å². The highest BCUT2D eigenvalue weighted by molar-refractivity contribution is 5.81. The number of carbonyl (C=O) groups is 1. The highest BCUT2D eigenvalue weighted by Gasteiger charge is 2.35. The summed E-state index contributed by atoms with van der Waals surface area (Å²) in [5.41, 5.74) is -0.227. The Kier molecular flexibility index (Phi) is 7.82. The molecule has 0 saturated carbocycles. The van der Waals surface area contributed by atoms with Gasteiger partial charge in [0.25, 0.3) is 5.56 Å². The molecular formula is C28H28F3N5O5. The van der Waals surface area contributed by atoms with Crippen LogP contribution in [0.1, 0.15) is 30.6 Å². The zero-order valence-electron chi connectivity index (χ0n) is 22.6. The first-order valence-electron chi connectivity index (χ1n) is 12.8. The third-order valence-electron chi connectivity index (χ3n) is 6.85. The summed E-state index contributed by atoms with van der Waals surface area (Å²) in [5, 5.41) is 2.81. The number of imidazole rings is 1. The molecule has 4 heterocycles. The largest absolute Gasteiger partial charge is 0.457 e. The third kappa shape index (κ3) is 6.10. The Balaban J connectivity index is 1.48. The van der Waals surface area contributed by atoms with Crippen LogP contribution < -0.4 is 15.6 Å². The fraction of sp³-hybridized carbons (Fsp3) is 0.357. The molecule has 1 N–H and O–H groups in total. The van der Waals surface area contributed by atoms with Crippen LogP contribution in [0.5, 0.6) is 11.5 Å². The Morgan fingerprint density at radius 1 is 1.20 bits per heavy atom. The Morgan fingerprint density at radius 3 is 2.71 bits per heavy atom. The number of nitrogens with one attached hydrogen (secondary N) is 1. The molecular weight excluding hydrogens is 543 g/mol. The van der Waals surface area contributed by atoms with Crippen molar-refractivity contribution in [1.82, 2.24) is 19.1 Å². The summed E-state index contributed by atoms with van der Waals surface area (Å²) in [6.07, 6.45) is -2.19. The standard InChI is InChI=1S/C28H28F3N5O5/c1-16(37)10-18-12-20(6-8-32-18)41-19-4-5-21-23(13-19)35(2)27(33-21)34-22-11-17(28(29,30)31)14-36(26(22)38)24-15-40-9-7-25(24)39-3/h4-6,8,11-14,24-25H,7,9-10,15H2,1-3H3,(H,33,34)/t24-,25+/m0/s1. The zero-order valence-corrected chi connectivity index (χ0v) is 22.6. The molecule has 1 aromatic carbocycles. The Morgan fingerprint density at radius 2 is 1.98 bits per heavy atom. The second kappa shape index (κ2) is 11.3. The van der Waals surface area contributed by atoms with Gasteiger partial charge in [0, 0.05) is 51.7 Å². The fourth-order valence-corrected chi connectivity index (χ4v) is 4.80. The maximum Gasteiger partial charge on any atom is 0.417 e. The lowest BCUT2D eigenvalue weighted by Gasteiger charge is -2.32. The van der Waals surface area contributed by atoms with E-state index in [4.69, 9.17) is 14.2 Å². The number of alkyl halides is 3. The summed E-state index contributed by atoms with van der Waals surface area (Å²) in [7, 11) is 3.12. The van der Waals surface area contributed by atoms with Gasteiger partial charge in [0.15, 0.2) is 0 Å². The topological polar surface area (TPSA) is 110 Å². The molecule has 216 valence electrons. The predicted molar refractivity (Wildman–Crippen MR) is 144 cm³/mol. The number of hydrogen-bond acceptors (Lipinski definition) is 8. The average Bonchev–Trinajstić information content (AvgIpc) is 3.23. The molecule has 0 bridgehead atoms. The number of halogens is 3. The molecule has 0 unspecified atom stereocenters. The second-order valence-electron chi connectivity index (χ2n) is 9.79. The van der Waals surface area contributed by atoms with Crippen molar-refractivity contribution in [3.8, 4) is 11.5 Å². The zero-order chi connectivity index (χ0) is 29.3. The molecule has 5 rings (SSSR count). The highest BCUT2D eigenvalue weighted by Crippen LogP contribution is 2.33. The molecule has 0 aliphatic carbocycles. The van der Waals surface area contributed by atoms with Crippen LogP contribution in [-0.2, 0) is 33.9 Å². The lowest BCUT2D eigenvalue weighted by molar-refractivity contribution is -0.138. The molecule has 41 heavy (non-hydrogen) atoms. The number of anilines is 2. The van der Waals surface area contributed by atoms with Crippen LogP contribution in [0, 0.1) is 0 Å². The predicted octanol–water partition coefficient (Wildman–Crippen LogP) is 4.79. The smallest absolute Gasteiger partial charge is 0.417 e. The number of methoxy groups -OCH3 is 1. The van der Waals surface area contributed by atoms with E-state index in [1.165, 1.54) is 14.0 Å². The number of fused-ring (bicyclic) bond motifs is 1. The number of aryl methyl sites for hydroxylation is 1. The number of carbonyl (C=O) groups excluding carboxylic acids is 1. The number of hydrogen-bond donors (Lipinski definition) is 1. The van der Waals surface area contributed by atoms with Crippen LogP contribution in [-0.4, -0.2) is 51.3 Å². The molecule has 0 amide bonds. The van der Waals surface area contributed by atoms with E-state index in [9.17, 15) is 22.8 Å². The molecule has 10 nitrogen and oxygen atoms in total. The molecule has 1 aliphatic rings. The van der Waals surface area contributed by atoms with Crippen LogP contribution in [0.3, 0.4) is 0 Å². The summed E-state index contributed by atoms with van der Waals surface area (Å²) in [6.45, 7) is 1.91. The fourth-order valence-electron chi connectivity index (χ4n) is 4.80. The van der Waals surface area contributed by atoms with Crippen molar-refractivity contribution in [3.05, 3.63) is 70.4 Å². The number of rotatable bonds is 8. The van der Waals surface area contributed by atoms with E-state index < -0.39 is 29.4 Å². The van der Waals surface area contributed by atoms with Gasteiger partial charge in [-0.15, -0.1) is 0 Å². The minimum atomic E-state index is -4.69. The number of aromatic nitrogens is 4. The summed E-state index contributed by atoms with van der Waals surface area (Å²) < 4.78 is 61.1.